The minimum atomic E-state index is 0.936. The molecule has 2 nitrogen and oxygen atoms in total. The average molecular weight is 331 g/mol. The molecule has 0 atom stereocenters. The highest BCUT2D eigenvalue weighted by atomic mass is 79.9. The van der Waals surface area contributed by atoms with Gasteiger partial charge in [-0.15, -0.1) is 11.3 Å². The van der Waals surface area contributed by atoms with E-state index in [0.29, 0.717) is 0 Å². The lowest BCUT2D eigenvalue weighted by Gasteiger charge is -2.31. The zero-order valence-corrected chi connectivity index (χ0v) is 13.7. The molecule has 0 amide bonds. The molecule has 1 aliphatic rings. The quantitative estimate of drug-likeness (QED) is 0.886. The lowest BCUT2D eigenvalue weighted by Crippen LogP contribution is -2.33. The van der Waals surface area contributed by atoms with Crippen LogP contribution in [0.25, 0.3) is 0 Å². The largest absolute Gasteiger partial charge is 0.320 e. The summed E-state index contributed by atoms with van der Waals surface area (Å²) in [6.07, 6.45) is 4.08. The molecule has 2 heterocycles. The molecule has 2 rings (SSSR count). The van der Waals surface area contributed by atoms with Crippen LogP contribution in [0.4, 0.5) is 0 Å². The van der Waals surface area contributed by atoms with Gasteiger partial charge in [0.2, 0.25) is 0 Å². The number of hydrogen-bond donors (Lipinski definition) is 1. The molecule has 0 bridgehead atoms. The van der Waals surface area contributed by atoms with Gasteiger partial charge in [-0.1, -0.05) is 0 Å². The van der Waals surface area contributed by atoms with Crippen LogP contribution in [0, 0.1) is 12.8 Å². The number of nitrogens with zero attached hydrogens (tertiary/aromatic N) is 1. The summed E-state index contributed by atoms with van der Waals surface area (Å²) in [6, 6.07) is 2.28. The summed E-state index contributed by atoms with van der Waals surface area (Å²) in [5.74, 6) is 0.936. The van der Waals surface area contributed by atoms with E-state index in [9.17, 15) is 0 Å². The van der Waals surface area contributed by atoms with Gasteiger partial charge in [-0.25, -0.2) is 0 Å². The molecule has 1 aromatic heterocycles. The van der Waals surface area contributed by atoms with Crippen molar-refractivity contribution in [1.29, 1.82) is 0 Å². The van der Waals surface area contributed by atoms with Gasteiger partial charge in [-0.2, -0.15) is 0 Å². The molecular weight excluding hydrogens is 308 g/mol. The zero-order valence-electron chi connectivity index (χ0n) is 11.3. The molecule has 0 spiro atoms. The van der Waals surface area contributed by atoms with Gasteiger partial charge in [0, 0.05) is 20.8 Å². The maximum Gasteiger partial charge on any atom is 0.0328 e. The highest BCUT2D eigenvalue weighted by Gasteiger charge is 2.19. The smallest absolute Gasteiger partial charge is 0.0328 e. The minimum Gasteiger partial charge on any atom is -0.320 e. The zero-order chi connectivity index (χ0) is 13.0. The predicted molar refractivity (Wildman–Crippen MR) is 83.3 cm³/mol. The highest BCUT2D eigenvalue weighted by Crippen LogP contribution is 2.28. The second-order valence-corrected chi connectivity index (χ2v) is 7.42. The number of halogens is 1. The van der Waals surface area contributed by atoms with Crippen LogP contribution >= 0.6 is 27.3 Å². The number of thiophene rings is 1. The summed E-state index contributed by atoms with van der Waals surface area (Å²) in [4.78, 5) is 5.50. The molecule has 18 heavy (non-hydrogen) atoms. The van der Waals surface area contributed by atoms with Crippen molar-refractivity contribution in [2.45, 2.75) is 32.7 Å². The van der Waals surface area contributed by atoms with E-state index in [2.05, 4.69) is 39.1 Å². The van der Waals surface area contributed by atoms with Gasteiger partial charge < -0.3 is 5.32 Å². The summed E-state index contributed by atoms with van der Waals surface area (Å²) in [5, 5.41) is 3.26. The van der Waals surface area contributed by atoms with Crippen molar-refractivity contribution in [3.63, 3.8) is 0 Å². The molecule has 102 valence electrons. The number of rotatable bonds is 5. The van der Waals surface area contributed by atoms with E-state index >= 15 is 0 Å². The van der Waals surface area contributed by atoms with Crippen molar-refractivity contribution in [3.05, 3.63) is 20.3 Å². The van der Waals surface area contributed by atoms with E-state index in [1.165, 1.54) is 53.1 Å². The molecule has 0 unspecified atom stereocenters. The van der Waals surface area contributed by atoms with Crippen molar-refractivity contribution in [2.24, 2.45) is 5.92 Å². The molecule has 4 heteroatoms. The van der Waals surface area contributed by atoms with Gasteiger partial charge in [0.1, 0.15) is 0 Å². The average Bonchev–Trinajstić information content (AvgIpc) is 2.67. The molecule has 0 saturated carbocycles. The van der Waals surface area contributed by atoms with Crippen LogP contribution in [0.3, 0.4) is 0 Å². The van der Waals surface area contributed by atoms with Gasteiger partial charge in [0.25, 0.3) is 0 Å². The maximum absolute atomic E-state index is 3.60. The Morgan fingerprint density at radius 2 is 2.17 bits per heavy atom. The van der Waals surface area contributed by atoms with Gasteiger partial charge in [0.15, 0.2) is 0 Å². The molecule has 0 radical (unpaired) electrons. The topological polar surface area (TPSA) is 15.3 Å². The highest BCUT2D eigenvalue weighted by molar-refractivity contribution is 9.10. The molecule has 1 aliphatic heterocycles. The van der Waals surface area contributed by atoms with Crippen LogP contribution < -0.4 is 5.32 Å². The monoisotopic (exact) mass is 330 g/mol. The summed E-state index contributed by atoms with van der Waals surface area (Å²) < 4.78 is 1.27. The molecule has 0 aromatic carbocycles. The van der Waals surface area contributed by atoms with Crippen LogP contribution in [-0.4, -0.2) is 31.6 Å². The van der Waals surface area contributed by atoms with Gasteiger partial charge in [-0.05, 0) is 80.8 Å². The Labute approximate surface area is 123 Å². The number of hydrogen-bond acceptors (Lipinski definition) is 3. The first-order chi connectivity index (χ1) is 8.69. The van der Waals surface area contributed by atoms with Crippen molar-refractivity contribution in [1.82, 2.24) is 10.2 Å². The van der Waals surface area contributed by atoms with E-state index in [4.69, 9.17) is 0 Å². The second kappa shape index (κ2) is 7.04. The number of aryl methyl sites for hydroxylation is 1. The van der Waals surface area contributed by atoms with Gasteiger partial charge in [0.05, 0.1) is 0 Å². The van der Waals surface area contributed by atoms with Crippen molar-refractivity contribution < 1.29 is 0 Å². The first-order valence-corrected chi connectivity index (χ1v) is 8.41. The minimum absolute atomic E-state index is 0.936. The van der Waals surface area contributed by atoms with E-state index in [1.54, 1.807) is 0 Å². The molecule has 0 aliphatic carbocycles. The Kier molecular flexibility index (Phi) is 5.67. The molecule has 1 saturated heterocycles. The standard InChI is InChI=1S/C14H23BrN2S/c1-11-14(15)9-13(18-11)10-17-7-4-12(5-8-17)3-6-16-2/h9,12,16H,3-8,10H2,1-2H3. The van der Waals surface area contributed by atoms with E-state index in [-0.39, 0.29) is 0 Å². The van der Waals surface area contributed by atoms with Crippen LogP contribution in [0.1, 0.15) is 29.0 Å². The fourth-order valence-electron chi connectivity index (χ4n) is 2.60. The van der Waals surface area contributed by atoms with Crippen LogP contribution in [0.5, 0.6) is 0 Å². The van der Waals surface area contributed by atoms with Gasteiger partial charge >= 0.3 is 0 Å². The lowest BCUT2D eigenvalue weighted by atomic mass is 9.93. The third kappa shape index (κ3) is 4.05. The Balaban J connectivity index is 1.76. The number of nitrogens with one attached hydrogen (secondary N) is 1. The second-order valence-electron chi connectivity index (χ2n) is 5.23. The molecular formula is C14H23BrN2S. The van der Waals surface area contributed by atoms with Crippen molar-refractivity contribution in [2.75, 3.05) is 26.7 Å². The SMILES string of the molecule is CNCCC1CCN(Cc2cc(Br)c(C)s2)CC1. The predicted octanol–water partition coefficient (Wildman–Crippen LogP) is 3.64. The Bertz CT molecular complexity index is 350. The van der Waals surface area contributed by atoms with Gasteiger partial charge in [-0.3, -0.25) is 4.90 Å². The van der Waals surface area contributed by atoms with Crippen LogP contribution in [0.2, 0.25) is 0 Å². The maximum atomic E-state index is 3.60. The van der Waals surface area contributed by atoms with E-state index in [1.807, 2.05) is 18.4 Å². The normalized spacial score (nSPS) is 18.4. The third-order valence-electron chi connectivity index (χ3n) is 3.80. The van der Waals surface area contributed by atoms with Crippen LogP contribution in [-0.2, 0) is 6.54 Å². The molecule has 1 N–H and O–H groups in total. The van der Waals surface area contributed by atoms with Crippen molar-refractivity contribution >= 4 is 27.3 Å². The molecule has 1 aromatic rings. The Hall–Kier alpha value is 0.1000. The number of likely N-dealkylation sites (tertiary alicyclic amines) is 1. The first kappa shape index (κ1) is 14.5. The fourth-order valence-corrected chi connectivity index (χ4v) is 4.24. The van der Waals surface area contributed by atoms with Crippen molar-refractivity contribution in [3.8, 4) is 0 Å². The summed E-state index contributed by atoms with van der Waals surface area (Å²) in [7, 11) is 2.05. The fraction of sp³-hybridized carbons (Fsp3) is 0.714. The Morgan fingerprint density at radius 1 is 1.44 bits per heavy atom. The van der Waals surface area contributed by atoms with E-state index in [0.717, 1.165) is 12.5 Å². The summed E-state index contributed by atoms with van der Waals surface area (Å²) in [5.41, 5.74) is 0. The Morgan fingerprint density at radius 3 is 2.72 bits per heavy atom. The number of piperidine rings is 1. The first-order valence-electron chi connectivity index (χ1n) is 6.81. The third-order valence-corrected chi connectivity index (χ3v) is 5.92. The van der Waals surface area contributed by atoms with Crippen LogP contribution in [0.15, 0.2) is 10.5 Å². The summed E-state index contributed by atoms with van der Waals surface area (Å²) in [6.45, 7) is 7.02. The molecule has 1 fully saturated rings. The van der Waals surface area contributed by atoms with E-state index < -0.39 is 0 Å². The summed E-state index contributed by atoms with van der Waals surface area (Å²) >= 11 is 5.53. The lowest BCUT2D eigenvalue weighted by molar-refractivity contribution is 0.173.